The van der Waals surface area contributed by atoms with Crippen molar-refractivity contribution < 1.29 is 19.1 Å². The lowest BCUT2D eigenvalue weighted by molar-refractivity contribution is -0.138. The van der Waals surface area contributed by atoms with Crippen molar-refractivity contribution in [2.45, 2.75) is 25.9 Å². The Morgan fingerprint density at radius 3 is 2.48 bits per heavy atom. The number of fused-ring (bicyclic) bond motifs is 1. The molecule has 0 bridgehead atoms. The number of hydrogen-bond acceptors (Lipinski definition) is 4. The molecule has 1 unspecified atom stereocenters. The minimum atomic E-state index is -1.19. The van der Waals surface area contributed by atoms with E-state index in [0.717, 1.165) is 38.1 Å². The Morgan fingerprint density at radius 1 is 1.06 bits per heavy atom. The summed E-state index contributed by atoms with van der Waals surface area (Å²) in [5, 5.41) is 4.85. The summed E-state index contributed by atoms with van der Waals surface area (Å²) in [5.74, 6) is 0.0411. The number of hydrogen-bond donors (Lipinski definition) is 1. The average molecular weight is 446 g/mol. The maximum atomic E-state index is 13.2. The van der Waals surface area contributed by atoms with Crippen molar-refractivity contribution in [1.82, 2.24) is 15.1 Å². The predicted molar refractivity (Wildman–Crippen MR) is 126 cm³/mol. The molecule has 170 valence electrons. The number of methoxy groups -OCH3 is 1. The number of nitrogens with one attached hydrogen (secondary N) is 1. The van der Waals surface area contributed by atoms with Crippen molar-refractivity contribution in [3.05, 3.63) is 77.4 Å². The fourth-order valence-corrected chi connectivity index (χ4v) is 4.27. The monoisotopic (exact) mass is 445 g/mol. The molecule has 1 aliphatic rings. The third-order valence-electron chi connectivity index (χ3n) is 6.21. The van der Waals surface area contributed by atoms with Crippen LogP contribution in [0.15, 0.2) is 60.7 Å². The van der Waals surface area contributed by atoms with Gasteiger partial charge in [-0.05, 0) is 59.5 Å². The van der Waals surface area contributed by atoms with Crippen LogP contribution in [0, 0.1) is 6.92 Å². The highest BCUT2D eigenvalue weighted by Gasteiger charge is 2.50. The molecule has 3 aromatic carbocycles. The van der Waals surface area contributed by atoms with E-state index in [0.29, 0.717) is 6.54 Å². The highest BCUT2D eigenvalue weighted by molar-refractivity contribution is 6.09. The summed E-state index contributed by atoms with van der Waals surface area (Å²) in [7, 11) is 3.30. The standard InChI is InChI=1S/C26H27N3O4/c1-17-7-5-6-8-22(17)26(2)24(31)29(25(32)27-26)16-23(30)28(3)15-18-9-10-20-14-21(33-4)12-11-19(20)13-18/h5-14H,15-16H2,1-4H3,(H,27,32). The van der Waals surface area contributed by atoms with Gasteiger partial charge in [-0.3, -0.25) is 14.5 Å². The fourth-order valence-electron chi connectivity index (χ4n) is 4.27. The molecule has 1 N–H and O–H groups in total. The largest absolute Gasteiger partial charge is 0.497 e. The molecule has 1 saturated heterocycles. The highest BCUT2D eigenvalue weighted by Crippen LogP contribution is 2.31. The number of amides is 4. The van der Waals surface area contributed by atoms with Crippen LogP contribution in [0.5, 0.6) is 5.75 Å². The van der Waals surface area contributed by atoms with E-state index < -0.39 is 17.5 Å². The number of aryl methyl sites for hydroxylation is 1. The van der Waals surface area contributed by atoms with Crippen LogP contribution in [0.2, 0.25) is 0 Å². The highest BCUT2D eigenvalue weighted by atomic mass is 16.5. The second-order valence-electron chi connectivity index (χ2n) is 8.56. The molecule has 0 aromatic heterocycles. The lowest BCUT2D eigenvalue weighted by atomic mass is 9.88. The molecular formula is C26H27N3O4. The average Bonchev–Trinajstić information content (AvgIpc) is 3.02. The van der Waals surface area contributed by atoms with Gasteiger partial charge >= 0.3 is 6.03 Å². The number of benzene rings is 3. The van der Waals surface area contributed by atoms with E-state index >= 15 is 0 Å². The Kier molecular flexibility index (Phi) is 5.80. The first-order chi connectivity index (χ1) is 15.7. The molecule has 1 heterocycles. The van der Waals surface area contributed by atoms with E-state index in [4.69, 9.17) is 4.74 Å². The topological polar surface area (TPSA) is 79.0 Å². The van der Waals surface area contributed by atoms with Gasteiger partial charge in [0.25, 0.3) is 5.91 Å². The summed E-state index contributed by atoms with van der Waals surface area (Å²) in [6, 6.07) is 18.6. The summed E-state index contributed by atoms with van der Waals surface area (Å²) >= 11 is 0. The third kappa shape index (κ3) is 4.14. The number of urea groups is 1. The van der Waals surface area contributed by atoms with Crippen molar-refractivity contribution in [2.75, 3.05) is 20.7 Å². The maximum absolute atomic E-state index is 13.2. The molecule has 1 fully saturated rings. The van der Waals surface area contributed by atoms with Gasteiger partial charge in [0.2, 0.25) is 5.91 Å². The van der Waals surface area contributed by atoms with Gasteiger partial charge in [-0.1, -0.05) is 42.5 Å². The van der Waals surface area contributed by atoms with Crippen molar-refractivity contribution in [1.29, 1.82) is 0 Å². The Labute approximate surface area is 192 Å². The minimum absolute atomic E-state index is 0.312. The number of likely N-dealkylation sites (N-methyl/N-ethyl adjacent to an activating group) is 1. The van der Waals surface area contributed by atoms with Gasteiger partial charge in [-0.2, -0.15) is 0 Å². The molecule has 7 nitrogen and oxygen atoms in total. The Morgan fingerprint density at radius 2 is 1.76 bits per heavy atom. The van der Waals surface area contributed by atoms with Gasteiger partial charge in [0.1, 0.15) is 17.8 Å². The molecule has 3 aromatic rings. The van der Waals surface area contributed by atoms with Crippen LogP contribution in [0.25, 0.3) is 10.8 Å². The second-order valence-corrected chi connectivity index (χ2v) is 8.56. The predicted octanol–water partition coefficient (Wildman–Crippen LogP) is 3.58. The van der Waals surface area contributed by atoms with Crippen LogP contribution in [-0.2, 0) is 21.7 Å². The molecule has 0 spiro atoms. The summed E-state index contributed by atoms with van der Waals surface area (Å²) in [6.45, 7) is 3.61. The first-order valence-electron chi connectivity index (χ1n) is 10.7. The van der Waals surface area contributed by atoms with Crippen molar-refractivity contribution in [2.24, 2.45) is 0 Å². The van der Waals surface area contributed by atoms with E-state index in [1.54, 1.807) is 21.1 Å². The summed E-state index contributed by atoms with van der Waals surface area (Å²) in [5.41, 5.74) is 1.37. The number of nitrogens with zero attached hydrogens (tertiary/aromatic N) is 2. The van der Waals surface area contributed by atoms with E-state index in [1.807, 2.05) is 67.6 Å². The van der Waals surface area contributed by atoms with Crippen molar-refractivity contribution in [3.8, 4) is 5.75 Å². The molecule has 0 saturated carbocycles. The maximum Gasteiger partial charge on any atom is 0.325 e. The van der Waals surface area contributed by atoms with E-state index in [9.17, 15) is 14.4 Å². The molecule has 4 rings (SSSR count). The number of rotatable bonds is 6. The first kappa shape index (κ1) is 22.3. The SMILES string of the molecule is COc1ccc2cc(CN(C)C(=O)CN3C(=O)NC(C)(c4ccccc4C)C3=O)ccc2c1. The molecule has 0 aliphatic carbocycles. The normalized spacial score (nSPS) is 17.9. The Balaban J connectivity index is 1.46. The molecule has 33 heavy (non-hydrogen) atoms. The third-order valence-corrected chi connectivity index (χ3v) is 6.21. The Bertz CT molecular complexity index is 1260. The van der Waals surface area contributed by atoms with Gasteiger partial charge in [0, 0.05) is 13.6 Å². The molecule has 1 aliphatic heterocycles. The van der Waals surface area contributed by atoms with Gasteiger partial charge < -0.3 is 15.0 Å². The van der Waals surface area contributed by atoms with Crippen molar-refractivity contribution in [3.63, 3.8) is 0 Å². The van der Waals surface area contributed by atoms with Crippen LogP contribution in [0.3, 0.4) is 0 Å². The molecule has 1 atom stereocenters. The number of imide groups is 1. The second kappa shape index (κ2) is 8.58. The summed E-state index contributed by atoms with van der Waals surface area (Å²) < 4.78 is 5.26. The fraction of sp³-hybridized carbons (Fsp3) is 0.269. The molecular weight excluding hydrogens is 418 g/mol. The van der Waals surface area contributed by atoms with Crippen LogP contribution >= 0.6 is 0 Å². The zero-order chi connectivity index (χ0) is 23.8. The first-order valence-corrected chi connectivity index (χ1v) is 10.7. The Hall–Kier alpha value is -3.87. The van der Waals surface area contributed by atoms with Crippen molar-refractivity contribution >= 4 is 28.6 Å². The molecule has 7 heteroatoms. The van der Waals surface area contributed by atoms with Crippen LogP contribution in [0.4, 0.5) is 4.79 Å². The smallest absolute Gasteiger partial charge is 0.325 e. The van der Waals surface area contributed by atoms with Gasteiger partial charge in [0.05, 0.1) is 7.11 Å². The number of carbonyl (C=O) groups excluding carboxylic acids is 3. The molecule has 0 radical (unpaired) electrons. The lowest BCUT2D eigenvalue weighted by Crippen LogP contribution is -2.43. The zero-order valence-corrected chi connectivity index (χ0v) is 19.2. The number of ether oxygens (including phenoxy) is 1. The van der Waals surface area contributed by atoms with Crippen LogP contribution < -0.4 is 10.1 Å². The van der Waals surface area contributed by atoms with Gasteiger partial charge in [-0.25, -0.2) is 4.79 Å². The quantitative estimate of drug-likeness (QED) is 0.588. The van der Waals surface area contributed by atoms with E-state index in [1.165, 1.54) is 4.90 Å². The lowest BCUT2D eigenvalue weighted by Gasteiger charge is -2.24. The number of carbonyl (C=O) groups is 3. The van der Waals surface area contributed by atoms with Crippen LogP contribution in [0.1, 0.15) is 23.6 Å². The zero-order valence-electron chi connectivity index (χ0n) is 19.2. The summed E-state index contributed by atoms with van der Waals surface area (Å²) in [6.07, 6.45) is 0. The van der Waals surface area contributed by atoms with E-state index in [2.05, 4.69) is 5.32 Å². The molecule has 4 amide bonds. The van der Waals surface area contributed by atoms with E-state index in [-0.39, 0.29) is 12.5 Å². The van der Waals surface area contributed by atoms with Gasteiger partial charge in [-0.15, -0.1) is 0 Å². The van der Waals surface area contributed by atoms with Crippen LogP contribution in [-0.4, -0.2) is 48.3 Å². The van der Waals surface area contributed by atoms with Gasteiger partial charge in [0.15, 0.2) is 0 Å². The summed E-state index contributed by atoms with van der Waals surface area (Å²) in [4.78, 5) is 41.2. The minimum Gasteiger partial charge on any atom is -0.497 e.